The maximum Gasteiger partial charge on any atom is 0.176 e. The van der Waals surface area contributed by atoms with Gasteiger partial charge < -0.3 is 5.11 Å². The van der Waals surface area contributed by atoms with Crippen molar-refractivity contribution in [2.75, 3.05) is 0 Å². The van der Waals surface area contributed by atoms with Crippen LogP contribution in [0.1, 0.15) is 28.9 Å². The Morgan fingerprint density at radius 3 is 2.24 bits per heavy atom. The van der Waals surface area contributed by atoms with Crippen LogP contribution in [0.4, 0.5) is 0 Å². The minimum Gasteiger partial charge on any atom is -0.380 e. The van der Waals surface area contributed by atoms with Gasteiger partial charge in [0, 0.05) is 6.42 Å². The Balaban J connectivity index is 1.86. The first-order valence-electron chi connectivity index (χ1n) is 6.66. The van der Waals surface area contributed by atoms with Crippen molar-refractivity contribution in [3.8, 4) is 0 Å². The minimum atomic E-state index is -0.833. The van der Waals surface area contributed by atoms with Crippen molar-refractivity contribution in [3.63, 3.8) is 0 Å². The second kappa shape index (κ2) is 6.11. The molecule has 0 saturated carbocycles. The molecule has 1 N–H and O–H groups in total. The van der Waals surface area contributed by atoms with Crippen molar-refractivity contribution >= 4 is 12.8 Å². The predicted molar refractivity (Wildman–Crippen MR) is 84.2 cm³/mol. The summed E-state index contributed by atoms with van der Waals surface area (Å²) in [6.07, 6.45) is -0.209. The average molecular weight is 297 g/mol. The third kappa shape index (κ3) is 2.99. The predicted octanol–water partition coefficient (Wildman–Crippen LogP) is 2.64. The number of aliphatic hydroxyl groups excluding tert-OH is 1. The Morgan fingerprint density at radius 1 is 0.952 bits per heavy atom. The molecule has 0 bridgehead atoms. The van der Waals surface area contributed by atoms with Crippen LogP contribution in [-0.2, 0) is 6.42 Å². The molecule has 5 heteroatoms. The normalized spacial score (nSPS) is 12.3. The molecule has 21 heavy (non-hydrogen) atoms. The molecule has 1 heterocycles. The first-order chi connectivity index (χ1) is 10.3. The van der Waals surface area contributed by atoms with Crippen LogP contribution in [0.25, 0.3) is 0 Å². The van der Waals surface area contributed by atoms with E-state index in [-0.39, 0.29) is 0 Å². The summed E-state index contributed by atoms with van der Waals surface area (Å²) in [5, 5.41) is 18.6. The molecule has 0 unspecified atom stereocenters. The Kier molecular flexibility index (Phi) is 4.03. The first kappa shape index (κ1) is 13.9. The molecular formula is C16H15N3OS. The van der Waals surface area contributed by atoms with E-state index in [2.05, 4.69) is 23.0 Å². The Labute approximate surface area is 128 Å². The first-order valence-corrected chi connectivity index (χ1v) is 7.06. The lowest BCUT2D eigenvalue weighted by atomic mass is 10.1. The quantitative estimate of drug-likeness (QED) is 0.728. The second-order valence-electron chi connectivity index (χ2n) is 4.76. The summed E-state index contributed by atoms with van der Waals surface area (Å²) in [7, 11) is 0. The summed E-state index contributed by atoms with van der Waals surface area (Å²) in [6.45, 7) is 0. The van der Waals surface area contributed by atoms with Gasteiger partial charge in [-0.2, -0.15) is 0 Å². The third-order valence-electron chi connectivity index (χ3n) is 3.29. The maximum absolute atomic E-state index is 10.4. The van der Waals surface area contributed by atoms with Crippen LogP contribution in [0.5, 0.6) is 0 Å². The number of hydrogen-bond donors (Lipinski definition) is 2. The van der Waals surface area contributed by atoms with Crippen molar-refractivity contribution in [2.24, 2.45) is 0 Å². The van der Waals surface area contributed by atoms with Crippen LogP contribution in [0, 0.1) is 0 Å². The lowest BCUT2D eigenvalue weighted by Crippen LogP contribution is -2.06. The molecule has 1 aromatic heterocycles. The van der Waals surface area contributed by atoms with Gasteiger partial charge in [0.25, 0.3) is 0 Å². The highest BCUT2D eigenvalue weighted by atomic mass is 32.1. The van der Waals surface area contributed by atoms with Crippen LogP contribution in [0.2, 0.25) is 0 Å². The molecule has 2 aromatic carbocycles. The third-order valence-corrected chi connectivity index (χ3v) is 3.73. The van der Waals surface area contributed by atoms with Gasteiger partial charge in [-0.1, -0.05) is 73.5 Å². The van der Waals surface area contributed by atoms with Gasteiger partial charge in [0.2, 0.25) is 0 Å². The highest BCUT2D eigenvalue weighted by Crippen LogP contribution is 2.22. The van der Waals surface area contributed by atoms with Crippen LogP contribution in [0.3, 0.4) is 0 Å². The van der Waals surface area contributed by atoms with Crippen molar-refractivity contribution < 1.29 is 5.11 Å². The largest absolute Gasteiger partial charge is 0.380 e. The molecule has 0 radical (unpaired) electrons. The summed E-state index contributed by atoms with van der Waals surface area (Å²) >= 11 is 4.41. The van der Waals surface area contributed by atoms with Crippen molar-refractivity contribution in [3.05, 3.63) is 83.4 Å². The Morgan fingerprint density at radius 2 is 1.57 bits per heavy atom. The fourth-order valence-electron chi connectivity index (χ4n) is 2.17. The number of rotatable bonds is 4. The van der Waals surface area contributed by atoms with Gasteiger partial charge >= 0.3 is 0 Å². The standard InChI is InChI=1S/C16H15N3OS/c20-15(13-9-5-2-6-10-13)16-18-17-14(19(16)21)11-12-7-3-1-4-8-12/h1-10,15,20-21H,11H2/t15-/m1/s1. The topological polar surface area (TPSA) is 50.9 Å². The van der Waals surface area contributed by atoms with Gasteiger partial charge in [-0.15, -0.1) is 10.2 Å². The summed E-state index contributed by atoms with van der Waals surface area (Å²) in [6, 6.07) is 19.3. The molecule has 4 nitrogen and oxygen atoms in total. The highest BCUT2D eigenvalue weighted by Gasteiger charge is 2.19. The van der Waals surface area contributed by atoms with E-state index in [1.807, 2.05) is 60.7 Å². The molecule has 0 saturated heterocycles. The van der Waals surface area contributed by atoms with E-state index in [0.29, 0.717) is 18.1 Å². The molecule has 106 valence electrons. The number of aliphatic hydroxyl groups is 1. The molecule has 0 aliphatic heterocycles. The van der Waals surface area contributed by atoms with Crippen molar-refractivity contribution in [1.82, 2.24) is 14.2 Å². The molecule has 0 spiro atoms. The molecule has 0 amide bonds. The fourth-order valence-corrected chi connectivity index (χ4v) is 2.43. The molecule has 3 rings (SSSR count). The van der Waals surface area contributed by atoms with Gasteiger partial charge in [0.05, 0.1) is 0 Å². The minimum absolute atomic E-state index is 0.426. The molecule has 3 aromatic rings. The summed E-state index contributed by atoms with van der Waals surface area (Å²) in [4.78, 5) is 0. The molecule has 0 aliphatic carbocycles. The van der Waals surface area contributed by atoms with E-state index in [4.69, 9.17) is 0 Å². The average Bonchev–Trinajstić information content (AvgIpc) is 2.89. The zero-order valence-corrected chi connectivity index (χ0v) is 12.2. The Bertz CT molecular complexity index is 713. The monoisotopic (exact) mass is 297 g/mol. The fraction of sp³-hybridized carbons (Fsp3) is 0.125. The lowest BCUT2D eigenvalue weighted by Gasteiger charge is -2.10. The SMILES string of the molecule is O[C@H](c1ccccc1)c1nnc(Cc2ccccc2)n1S. The van der Waals surface area contributed by atoms with Gasteiger partial charge in [-0.3, -0.25) is 3.97 Å². The number of benzene rings is 2. The van der Waals surface area contributed by atoms with E-state index in [1.165, 1.54) is 0 Å². The number of thiol groups is 1. The van der Waals surface area contributed by atoms with Gasteiger partial charge in [-0.25, -0.2) is 0 Å². The van der Waals surface area contributed by atoms with Gasteiger partial charge in [-0.05, 0) is 11.1 Å². The molecule has 0 fully saturated rings. The maximum atomic E-state index is 10.4. The Hall–Kier alpha value is -2.11. The van der Waals surface area contributed by atoms with E-state index < -0.39 is 6.10 Å². The summed E-state index contributed by atoms with van der Waals surface area (Å²) in [5.74, 6) is 1.13. The van der Waals surface area contributed by atoms with E-state index in [9.17, 15) is 5.11 Å². The summed E-state index contributed by atoms with van der Waals surface area (Å²) in [5.41, 5.74) is 1.90. The number of nitrogens with zero attached hydrogens (tertiary/aromatic N) is 3. The van der Waals surface area contributed by atoms with Crippen LogP contribution >= 0.6 is 12.8 Å². The van der Waals surface area contributed by atoms with Crippen LogP contribution in [-0.4, -0.2) is 19.3 Å². The molecule has 0 aliphatic rings. The van der Waals surface area contributed by atoms with Crippen LogP contribution < -0.4 is 0 Å². The zero-order valence-electron chi connectivity index (χ0n) is 11.3. The second-order valence-corrected chi connectivity index (χ2v) is 5.16. The van der Waals surface area contributed by atoms with E-state index >= 15 is 0 Å². The highest BCUT2D eigenvalue weighted by molar-refractivity contribution is 7.78. The van der Waals surface area contributed by atoms with E-state index in [0.717, 1.165) is 11.1 Å². The van der Waals surface area contributed by atoms with Gasteiger partial charge in [0.15, 0.2) is 5.82 Å². The molecular weight excluding hydrogens is 282 g/mol. The van der Waals surface area contributed by atoms with Crippen molar-refractivity contribution in [2.45, 2.75) is 12.5 Å². The van der Waals surface area contributed by atoms with Crippen LogP contribution in [0.15, 0.2) is 60.7 Å². The lowest BCUT2D eigenvalue weighted by molar-refractivity contribution is 0.209. The zero-order chi connectivity index (χ0) is 14.7. The van der Waals surface area contributed by atoms with Gasteiger partial charge in [0.1, 0.15) is 11.9 Å². The van der Waals surface area contributed by atoms with E-state index in [1.54, 1.807) is 3.97 Å². The summed E-state index contributed by atoms with van der Waals surface area (Å²) < 4.78 is 1.56. The number of hydrogen-bond acceptors (Lipinski definition) is 4. The number of aromatic nitrogens is 3. The van der Waals surface area contributed by atoms with Crippen molar-refractivity contribution in [1.29, 1.82) is 0 Å². The molecule has 1 atom stereocenters. The smallest absolute Gasteiger partial charge is 0.176 e.